The van der Waals surface area contributed by atoms with Crippen LogP contribution in [-0.4, -0.2) is 26.9 Å². The summed E-state index contributed by atoms with van der Waals surface area (Å²) in [5.41, 5.74) is 6.07. The molecule has 0 aromatic carbocycles. The molecule has 3 atom stereocenters. The number of nitrogens with zero attached hydrogens (tertiary/aromatic N) is 2. The molecule has 1 aromatic heterocycles. The van der Waals surface area contributed by atoms with Gasteiger partial charge in [0.2, 0.25) is 5.89 Å². The number of thioether (sulfide) groups is 2. The van der Waals surface area contributed by atoms with Crippen LogP contribution in [0.5, 0.6) is 0 Å². The highest BCUT2D eigenvalue weighted by Crippen LogP contribution is 2.41. The number of aromatic nitrogens is 2. The lowest BCUT2D eigenvalue weighted by Crippen LogP contribution is -2.17. The summed E-state index contributed by atoms with van der Waals surface area (Å²) in [6, 6.07) is -0.136. The molecule has 0 radical (unpaired) electrons. The maximum atomic E-state index is 6.07. The molecule has 1 aliphatic rings. The Morgan fingerprint density at radius 3 is 2.78 bits per heavy atom. The van der Waals surface area contributed by atoms with Crippen LogP contribution in [0.3, 0.4) is 0 Å². The molecular weight excluding hydrogens is 266 g/mol. The Morgan fingerprint density at radius 1 is 1.39 bits per heavy atom. The smallest absolute Gasteiger partial charge is 0.243 e. The highest BCUT2D eigenvalue weighted by molar-refractivity contribution is 8.06. The molecule has 0 bridgehead atoms. The largest absolute Gasteiger partial charge is 0.338 e. The van der Waals surface area contributed by atoms with Crippen molar-refractivity contribution in [1.82, 2.24) is 10.1 Å². The fraction of sp³-hybridized carbons (Fsp3) is 0.833. The van der Waals surface area contributed by atoms with Gasteiger partial charge in [-0.05, 0) is 12.3 Å². The molecule has 1 aliphatic heterocycles. The van der Waals surface area contributed by atoms with E-state index in [4.69, 9.17) is 10.3 Å². The first-order chi connectivity index (χ1) is 8.58. The van der Waals surface area contributed by atoms with E-state index in [0.717, 1.165) is 18.0 Å². The molecular formula is C12H21N3OS2. The Hall–Kier alpha value is -0.200. The summed E-state index contributed by atoms with van der Waals surface area (Å²) in [6.45, 7) is 6.52. The summed E-state index contributed by atoms with van der Waals surface area (Å²) in [5, 5.41) is 5.00. The van der Waals surface area contributed by atoms with Gasteiger partial charge in [0.1, 0.15) is 0 Å². The van der Waals surface area contributed by atoms with E-state index >= 15 is 0 Å². The third-order valence-electron chi connectivity index (χ3n) is 2.94. The first-order valence-electron chi connectivity index (χ1n) is 6.40. The fourth-order valence-electron chi connectivity index (χ4n) is 2.04. The van der Waals surface area contributed by atoms with Crippen LogP contribution in [0.25, 0.3) is 0 Å². The van der Waals surface area contributed by atoms with Crippen molar-refractivity contribution in [1.29, 1.82) is 0 Å². The lowest BCUT2D eigenvalue weighted by molar-refractivity contribution is 0.332. The van der Waals surface area contributed by atoms with E-state index in [0.29, 0.717) is 22.3 Å². The van der Waals surface area contributed by atoms with Crippen LogP contribution in [0.2, 0.25) is 0 Å². The molecule has 6 heteroatoms. The summed E-state index contributed by atoms with van der Waals surface area (Å²) in [6.07, 6.45) is 0.879. The SMILES string of the molecule is CC(C)C[C@@H](N)c1nc(C2SCCSC2C)no1. The van der Waals surface area contributed by atoms with E-state index < -0.39 is 0 Å². The Kier molecular flexibility index (Phi) is 4.98. The molecule has 2 N–H and O–H groups in total. The summed E-state index contributed by atoms with van der Waals surface area (Å²) < 4.78 is 5.32. The molecule has 0 aliphatic carbocycles. The molecule has 0 spiro atoms. The maximum Gasteiger partial charge on any atom is 0.243 e. The average Bonchev–Trinajstić information content (AvgIpc) is 2.78. The van der Waals surface area contributed by atoms with Gasteiger partial charge in [-0.15, -0.1) is 11.8 Å². The summed E-state index contributed by atoms with van der Waals surface area (Å²) in [7, 11) is 0. The van der Waals surface area contributed by atoms with Crippen molar-refractivity contribution in [2.24, 2.45) is 11.7 Å². The van der Waals surface area contributed by atoms with Crippen molar-refractivity contribution in [3.05, 3.63) is 11.7 Å². The first kappa shape index (κ1) is 14.2. The molecule has 2 heterocycles. The third kappa shape index (κ3) is 3.42. The predicted octanol–water partition coefficient (Wildman–Crippen LogP) is 3.03. The van der Waals surface area contributed by atoms with E-state index in [-0.39, 0.29) is 6.04 Å². The normalized spacial score (nSPS) is 26.5. The Labute approximate surface area is 117 Å². The van der Waals surface area contributed by atoms with Crippen LogP contribution in [0, 0.1) is 5.92 Å². The molecule has 2 unspecified atom stereocenters. The monoisotopic (exact) mass is 287 g/mol. The summed E-state index contributed by atoms with van der Waals surface area (Å²) in [5.74, 6) is 4.30. The minimum Gasteiger partial charge on any atom is -0.338 e. The van der Waals surface area contributed by atoms with Gasteiger partial charge in [0, 0.05) is 16.8 Å². The quantitative estimate of drug-likeness (QED) is 0.918. The van der Waals surface area contributed by atoms with Crippen LogP contribution in [0.15, 0.2) is 4.52 Å². The number of hydrogen-bond acceptors (Lipinski definition) is 6. The Morgan fingerprint density at radius 2 is 2.11 bits per heavy atom. The van der Waals surface area contributed by atoms with Crippen molar-refractivity contribution in [2.45, 2.75) is 43.7 Å². The summed E-state index contributed by atoms with van der Waals surface area (Å²) in [4.78, 5) is 4.50. The number of hydrogen-bond donors (Lipinski definition) is 1. The van der Waals surface area contributed by atoms with Gasteiger partial charge in [-0.1, -0.05) is 25.9 Å². The lowest BCUT2D eigenvalue weighted by atomic mass is 10.0. The molecule has 0 amide bonds. The standard InChI is InChI=1S/C12H21N3OS2/c1-7(2)6-9(13)12-14-11(15-16-12)10-8(3)17-4-5-18-10/h7-10H,4-6,13H2,1-3H3/t8?,9-,10?/m1/s1. The fourth-order valence-corrected chi connectivity index (χ4v) is 4.72. The van der Waals surface area contributed by atoms with Gasteiger partial charge >= 0.3 is 0 Å². The van der Waals surface area contributed by atoms with Gasteiger partial charge in [-0.2, -0.15) is 16.7 Å². The zero-order chi connectivity index (χ0) is 13.1. The lowest BCUT2D eigenvalue weighted by Gasteiger charge is -2.24. The highest BCUT2D eigenvalue weighted by atomic mass is 32.2. The van der Waals surface area contributed by atoms with E-state index in [1.807, 2.05) is 23.5 Å². The van der Waals surface area contributed by atoms with E-state index in [1.165, 1.54) is 5.75 Å². The van der Waals surface area contributed by atoms with Crippen LogP contribution >= 0.6 is 23.5 Å². The van der Waals surface area contributed by atoms with Crippen LogP contribution in [0.1, 0.15) is 50.2 Å². The topological polar surface area (TPSA) is 64.9 Å². The number of nitrogens with two attached hydrogens (primary N) is 1. The van der Waals surface area contributed by atoms with Crippen molar-refractivity contribution in [3.8, 4) is 0 Å². The minimum atomic E-state index is -0.136. The second-order valence-electron chi connectivity index (χ2n) is 5.09. The van der Waals surface area contributed by atoms with Crippen LogP contribution < -0.4 is 5.73 Å². The number of rotatable bonds is 4. The van der Waals surface area contributed by atoms with Crippen molar-refractivity contribution in [2.75, 3.05) is 11.5 Å². The highest BCUT2D eigenvalue weighted by Gasteiger charge is 2.29. The van der Waals surface area contributed by atoms with Crippen LogP contribution in [0.4, 0.5) is 0 Å². The van der Waals surface area contributed by atoms with Gasteiger partial charge in [-0.3, -0.25) is 0 Å². The Bertz CT molecular complexity index is 383. The molecule has 18 heavy (non-hydrogen) atoms. The van der Waals surface area contributed by atoms with Gasteiger partial charge in [0.25, 0.3) is 0 Å². The van der Waals surface area contributed by atoms with Gasteiger partial charge < -0.3 is 10.3 Å². The van der Waals surface area contributed by atoms with E-state index in [2.05, 4.69) is 30.9 Å². The van der Waals surface area contributed by atoms with Gasteiger partial charge in [0.15, 0.2) is 5.82 Å². The zero-order valence-electron chi connectivity index (χ0n) is 11.1. The molecule has 102 valence electrons. The second kappa shape index (κ2) is 6.30. The second-order valence-corrected chi connectivity index (χ2v) is 7.83. The Balaban J connectivity index is 2.05. The van der Waals surface area contributed by atoms with E-state index in [1.54, 1.807) is 0 Å². The minimum absolute atomic E-state index is 0.136. The third-order valence-corrected chi connectivity index (χ3v) is 6.03. The average molecular weight is 287 g/mol. The molecule has 1 saturated heterocycles. The van der Waals surface area contributed by atoms with Gasteiger partial charge in [0.05, 0.1) is 11.3 Å². The summed E-state index contributed by atoms with van der Waals surface area (Å²) >= 11 is 3.89. The molecule has 4 nitrogen and oxygen atoms in total. The van der Waals surface area contributed by atoms with Crippen molar-refractivity contribution in [3.63, 3.8) is 0 Å². The van der Waals surface area contributed by atoms with Crippen LogP contribution in [-0.2, 0) is 0 Å². The molecule has 1 aromatic rings. The maximum absolute atomic E-state index is 6.07. The van der Waals surface area contributed by atoms with Crippen molar-refractivity contribution < 1.29 is 4.52 Å². The van der Waals surface area contributed by atoms with Gasteiger partial charge in [-0.25, -0.2) is 0 Å². The zero-order valence-corrected chi connectivity index (χ0v) is 12.8. The molecule has 1 fully saturated rings. The first-order valence-corrected chi connectivity index (χ1v) is 8.50. The molecule has 0 saturated carbocycles. The van der Waals surface area contributed by atoms with Crippen molar-refractivity contribution >= 4 is 23.5 Å². The predicted molar refractivity (Wildman–Crippen MR) is 77.8 cm³/mol. The molecule has 2 rings (SSSR count). The van der Waals surface area contributed by atoms with E-state index in [9.17, 15) is 0 Å².